The predicted octanol–water partition coefficient (Wildman–Crippen LogP) is 3.39. The second-order valence-electron chi connectivity index (χ2n) is 8.12. The molecule has 0 amide bonds. The topological polar surface area (TPSA) is 59.1 Å². The molecule has 1 unspecified atom stereocenters. The van der Waals surface area contributed by atoms with Crippen molar-refractivity contribution in [3.8, 4) is 0 Å². The summed E-state index contributed by atoms with van der Waals surface area (Å²) in [4.78, 5) is 4.48. The fraction of sp³-hybridized carbons (Fsp3) is 0.500. The van der Waals surface area contributed by atoms with Crippen LogP contribution in [-0.2, 0) is 19.3 Å². The third-order valence-electron chi connectivity index (χ3n) is 6.21. The first-order valence-corrected chi connectivity index (χ1v) is 9.56. The average Bonchev–Trinajstić information content (AvgIpc) is 3.05. The Balaban J connectivity index is 1.45. The fourth-order valence-electron chi connectivity index (χ4n) is 4.68. The average molecular weight is 336 g/mol. The van der Waals surface area contributed by atoms with Gasteiger partial charge in [0.25, 0.3) is 0 Å². The van der Waals surface area contributed by atoms with Gasteiger partial charge in [-0.25, -0.2) is 0 Å². The maximum Gasteiger partial charge on any atom is 0.0611 e. The van der Waals surface area contributed by atoms with Crippen molar-refractivity contribution in [1.29, 1.82) is 0 Å². The van der Waals surface area contributed by atoms with Crippen molar-refractivity contribution in [2.45, 2.75) is 56.4 Å². The molecule has 1 fully saturated rings. The molecule has 1 aromatic carbocycles. The van der Waals surface area contributed by atoms with Gasteiger partial charge in [-0.2, -0.15) is 0 Å². The standard InChI is InChI=1S/C22H28N2O/c23-22(15-25)9-8-20(14-22)19-7-6-17-11-16(4-5-18(17)13-19)12-21-3-1-2-10-24-21/h1-3,6-7,10,13,16,20,25H,4-5,8-9,11-12,14-15,23H2/t16?,20-,22+/m0/s1. The van der Waals surface area contributed by atoms with E-state index in [2.05, 4.69) is 35.3 Å². The van der Waals surface area contributed by atoms with E-state index in [1.165, 1.54) is 35.2 Å². The van der Waals surface area contributed by atoms with Crippen molar-refractivity contribution in [3.63, 3.8) is 0 Å². The summed E-state index contributed by atoms with van der Waals surface area (Å²) in [5.74, 6) is 1.21. The van der Waals surface area contributed by atoms with Gasteiger partial charge in [-0.3, -0.25) is 4.98 Å². The summed E-state index contributed by atoms with van der Waals surface area (Å²) < 4.78 is 0. The Morgan fingerprint density at radius 2 is 2.08 bits per heavy atom. The first-order chi connectivity index (χ1) is 12.1. The van der Waals surface area contributed by atoms with Crippen LogP contribution in [0.5, 0.6) is 0 Å². The summed E-state index contributed by atoms with van der Waals surface area (Å²) >= 11 is 0. The van der Waals surface area contributed by atoms with Crippen LogP contribution < -0.4 is 5.73 Å². The van der Waals surface area contributed by atoms with Crippen LogP contribution in [0.2, 0.25) is 0 Å². The number of aromatic nitrogens is 1. The zero-order valence-electron chi connectivity index (χ0n) is 14.8. The number of benzene rings is 1. The summed E-state index contributed by atoms with van der Waals surface area (Å²) in [5.41, 5.74) is 11.6. The summed E-state index contributed by atoms with van der Waals surface area (Å²) in [6.45, 7) is 0.101. The minimum Gasteiger partial charge on any atom is -0.394 e. The Morgan fingerprint density at radius 1 is 1.16 bits per heavy atom. The lowest BCUT2D eigenvalue weighted by Gasteiger charge is -2.26. The zero-order chi connectivity index (χ0) is 17.3. The molecule has 1 aromatic heterocycles. The fourth-order valence-corrected chi connectivity index (χ4v) is 4.68. The van der Waals surface area contributed by atoms with E-state index in [0.717, 1.165) is 32.1 Å². The lowest BCUT2D eigenvalue weighted by atomic mass is 9.80. The number of aryl methyl sites for hydroxylation is 1. The second kappa shape index (κ2) is 6.89. The highest BCUT2D eigenvalue weighted by atomic mass is 16.3. The highest BCUT2D eigenvalue weighted by molar-refractivity contribution is 5.36. The van der Waals surface area contributed by atoms with Crippen molar-refractivity contribution >= 4 is 0 Å². The van der Waals surface area contributed by atoms with Gasteiger partial charge in [0.1, 0.15) is 0 Å². The Bertz CT molecular complexity index is 730. The van der Waals surface area contributed by atoms with Crippen LogP contribution in [0.1, 0.15) is 54.0 Å². The van der Waals surface area contributed by atoms with Gasteiger partial charge in [0.15, 0.2) is 0 Å². The molecule has 0 radical (unpaired) electrons. The molecule has 4 rings (SSSR count). The maximum atomic E-state index is 9.50. The number of nitrogens with zero attached hydrogens (tertiary/aromatic N) is 1. The number of fused-ring (bicyclic) bond motifs is 1. The molecule has 3 nitrogen and oxygen atoms in total. The van der Waals surface area contributed by atoms with Gasteiger partial charge in [-0.05, 0) is 85.6 Å². The maximum absolute atomic E-state index is 9.50. The van der Waals surface area contributed by atoms with Gasteiger partial charge < -0.3 is 10.8 Å². The van der Waals surface area contributed by atoms with Crippen LogP contribution in [0.3, 0.4) is 0 Å². The van der Waals surface area contributed by atoms with Gasteiger partial charge >= 0.3 is 0 Å². The Morgan fingerprint density at radius 3 is 2.84 bits per heavy atom. The molecular formula is C22H28N2O. The molecule has 2 aromatic rings. The van der Waals surface area contributed by atoms with Gasteiger partial charge in [-0.1, -0.05) is 24.3 Å². The Kier molecular flexibility index (Phi) is 4.61. The predicted molar refractivity (Wildman–Crippen MR) is 100 cm³/mol. The number of aliphatic hydroxyl groups is 1. The third kappa shape index (κ3) is 3.63. The van der Waals surface area contributed by atoms with Gasteiger partial charge in [0.05, 0.1) is 6.61 Å². The molecule has 0 aliphatic heterocycles. The van der Waals surface area contributed by atoms with Crippen molar-refractivity contribution in [2.24, 2.45) is 11.7 Å². The molecular weight excluding hydrogens is 308 g/mol. The number of pyridine rings is 1. The minimum absolute atomic E-state index is 0.101. The molecule has 3 heteroatoms. The SMILES string of the molecule is N[C@]1(CO)CC[C@H](c2ccc3c(c2)CCC(Cc2ccccn2)C3)C1. The number of hydrogen-bond acceptors (Lipinski definition) is 3. The van der Waals surface area contributed by atoms with Gasteiger partial charge in [0, 0.05) is 17.4 Å². The van der Waals surface area contributed by atoms with Crippen molar-refractivity contribution in [1.82, 2.24) is 4.98 Å². The molecule has 0 spiro atoms. The van der Waals surface area contributed by atoms with Crippen LogP contribution in [0.15, 0.2) is 42.6 Å². The van der Waals surface area contributed by atoms with E-state index in [1.807, 2.05) is 12.3 Å². The number of aliphatic hydroxyl groups excluding tert-OH is 1. The number of nitrogens with two attached hydrogens (primary N) is 1. The van der Waals surface area contributed by atoms with Gasteiger partial charge in [-0.15, -0.1) is 0 Å². The van der Waals surface area contributed by atoms with E-state index in [4.69, 9.17) is 5.73 Å². The van der Waals surface area contributed by atoms with E-state index in [9.17, 15) is 5.11 Å². The summed E-state index contributed by atoms with van der Waals surface area (Å²) in [7, 11) is 0. The summed E-state index contributed by atoms with van der Waals surface area (Å²) in [6.07, 6.45) is 9.48. The lowest BCUT2D eigenvalue weighted by molar-refractivity contribution is 0.198. The Hall–Kier alpha value is -1.71. The van der Waals surface area contributed by atoms with Gasteiger partial charge in [0.2, 0.25) is 0 Å². The first kappa shape index (κ1) is 16.7. The molecule has 3 N–H and O–H groups in total. The zero-order valence-corrected chi connectivity index (χ0v) is 14.8. The molecule has 25 heavy (non-hydrogen) atoms. The number of rotatable bonds is 4. The molecule has 3 atom stereocenters. The summed E-state index contributed by atoms with van der Waals surface area (Å²) in [6, 6.07) is 13.3. The normalized spacial score (nSPS) is 28.7. The molecule has 2 aliphatic carbocycles. The quantitative estimate of drug-likeness (QED) is 0.900. The lowest BCUT2D eigenvalue weighted by Crippen LogP contribution is -2.40. The molecule has 1 saturated carbocycles. The molecule has 2 aliphatic rings. The smallest absolute Gasteiger partial charge is 0.0611 e. The largest absolute Gasteiger partial charge is 0.394 e. The third-order valence-corrected chi connectivity index (χ3v) is 6.21. The second-order valence-corrected chi connectivity index (χ2v) is 8.12. The van der Waals surface area contributed by atoms with Crippen molar-refractivity contribution in [2.75, 3.05) is 6.61 Å². The van der Waals surface area contributed by atoms with E-state index < -0.39 is 0 Å². The van der Waals surface area contributed by atoms with Crippen LogP contribution in [0.4, 0.5) is 0 Å². The highest BCUT2D eigenvalue weighted by Crippen LogP contribution is 2.40. The minimum atomic E-state index is -0.367. The first-order valence-electron chi connectivity index (χ1n) is 9.56. The molecule has 132 valence electrons. The molecule has 0 bridgehead atoms. The van der Waals surface area contributed by atoms with E-state index in [0.29, 0.717) is 11.8 Å². The number of hydrogen-bond donors (Lipinski definition) is 2. The van der Waals surface area contributed by atoms with Crippen molar-refractivity contribution in [3.05, 3.63) is 65.0 Å². The Labute approximate surface area is 150 Å². The highest BCUT2D eigenvalue weighted by Gasteiger charge is 2.36. The van der Waals surface area contributed by atoms with E-state index in [1.54, 1.807) is 0 Å². The van der Waals surface area contributed by atoms with Crippen LogP contribution in [-0.4, -0.2) is 22.2 Å². The monoisotopic (exact) mass is 336 g/mol. The van der Waals surface area contributed by atoms with E-state index >= 15 is 0 Å². The van der Waals surface area contributed by atoms with Crippen LogP contribution >= 0.6 is 0 Å². The van der Waals surface area contributed by atoms with Crippen molar-refractivity contribution < 1.29 is 5.11 Å². The summed E-state index contributed by atoms with van der Waals surface area (Å²) in [5, 5.41) is 9.50. The van der Waals surface area contributed by atoms with E-state index in [-0.39, 0.29) is 12.1 Å². The van der Waals surface area contributed by atoms with Crippen LogP contribution in [0, 0.1) is 5.92 Å². The molecule has 1 heterocycles. The van der Waals surface area contributed by atoms with Crippen LogP contribution in [0.25, 0.3) is 0 Å². The molecule has 0 saturated heterocycles.